The van der Waals surface area contributed by atoms with Crippen molar-refractivity contribution in [3.05, 3.63) is 69.7 Å². The molecule has 0 aliphatic carbocycles. The lowest BCUT2D eigenvalue weighted by molar-refractivity contribution is -0.119. The first-order chi connectivity index (χ1) is 12.5. The molecule has 0 atom stereocenters. The summed E-state index contributed by atoms with van der Waals surface area (Å²) in [5, 5.41) is 5.77. The van der Waals surface area contributed by atoms with Gasteiger partial charge in [-0.05, 0) is 24.3 Å². The Balaban J connectivity index is 1.59. The number of nitrogens with zero attached hydrogens (tertiary/aromatic N) is 1. The van der Waals surface area contributed by atoms with Crippen LogP contribution in [0.2, 0.25) is 10.0 Å². The molecule has 3 rings (SSSR count). The van der Waals surface area contributed by atoms with Crippen LogP contribution in [0.3, 0.4) is 0 Å². The Morgan fingerprint density at radius 3 is 2.69 bits per heavy atom. The highest BCUT2D eigenvalue weighted by molar-refractivity contribution is 7.13. The van der Waals surface area contributed by atoms with Gasteiger partial charge in [0.15, 0.2) is 12.3 Å². The van der Waals surface area contributed by atoms with Crippen molar-refractivity contribution in [2.75, 3.05) is 11.9 Å². The lowest BCUT2D eigenvalue weighted by Gasteiger charge is -2.07. The smallest absolute Gasteiger partial charge is 0.358 e. The van der Waals surface area contributed by atoms with E-state index in [4.69, 9.17) is 27.9 Å². The standard InChI is InChI=1S/C18H12Cl2N2O3S/c19-12-5-3-4-11(8-12)17-22-15(10-26-17)18(24)25-9-16(23)21-14-7-2-1-6-13(14)20/h1-8,10H,9H2,(H,21,23). The highest BCUT2D eigenvalue weighted by Crippen LogP contribution is 2.26. The minimum Gasteiger partial charge on any atom is -0.451 e. The van der Waals surface area contributed by atoms with E-state index >= 15 is 0 Å². The minimum absolute atomic E-state index is 0.135. The van der Waals surface area contributed by atoms with Crippen molar-refractivity contribution in [3.8, 4) is 10.6 Å². The van der Waals surface area contributed by atoms with Crippen molar-refractivity contribution in [2.24, 2.45) is 0 Å². The highest BCUT2D eigenvalue weighted by Gasteiger charge is 2.15. The van der Waals surface area contributed by atoms with Gasteiger partial charge in [0.25, 0.3) is 5.91 Å². The van der Waals surface area contributed by atoms with Gasteiger partial charge in [0.05, 0.1) is 10.7 Å². The SMILES string of the molecule is O=C(COC(=O)c1csc(-c2cccc(Cl)c2)n1)Nc1ccccc1Cl. The third-order valence-corrected chi connectivity index (χ3v) is 4.72. The van der Waals surface area contributed by atoms with Gasteiger partial charge in [0.2, 0.25) is 0 Å². The Morgan fingerprint density at radius 1 is 1.12 bits per heavy atom. The molecule has 0 aliphatic heterocycles. The summed E-state index contributed by atoms with van der Waals surface area (Å²) < 4.78 is 5.00. The molecule has 1 N–H and O–H groups in total. The van der Waals surface area contributed by atoms with Gasteiger partial charge in [0.1, 0.15) is 5.01 Å². The number of esters is 1. The Bertz CT molecular complexity index is 959. The molecule has 0 saturated carbocycles. The first kappa shape index (κ1) is 18.4. The largest absolute Gasteiger partial charge is 0.451 e. The number of carbonyl (C=O) groups is 2. The van der Waals surface area contributed by atoms with Crippen LogP contribution in [0.15, 0.2) is 53.9 Å². The molecule has 0 aliphatic rings. The van der Waals surface area contributed by atoms with Crippen LogP contribution in [0.25, 0.3) is 10.6 Å². The van der Waals surface area contributed by atoms with Crippen LogP contribution < -0.4 is 5.32 Å². The first-order valence-electron chi connectivity index (χ1n) is 7.46. The van der Waals surface area contributed by atoms with Crippen LogP contribution in [-0.2, 0) is 9.53 Å². The second kappa shape index (κ2) is 8.31. The van der Waals surface area contributed by atoms with Crippen molar-refractivity contribution in [2.45, 2.75) is 0 Å². The summed E-state index contributed by atoms with van der Waals surface area (Å²) in [5.41, 5.74) is 1.39. The van der Waals surface area contributed by atoms with Crippen molar-refractivity contribution in [1.82, 2.24) is 4.98 Å². The number of carbonyl (C=O) groups excluding carboxylic acids is 2. The second-order valence-corrected chi connectivity index (χ2v) is 6.85. The minimum atomic E-state index is -0.677. The molecule has 0 radical (unpaired) electrons. The summed E-state index contributed by atoms with van der Waals surface area (Å²) in [7, 11) is 0. The Hall–Kier alpha value is -2.41. The molecule has 5 nitrogen and oxygen atoms in total. The predicted octanol–water partition coefficient (Wildman–Crippen LogP) is 4.91. The maximum Gasteiger partial charge on any atom is 0.358 e. The highest BCUT2D eigenvalue weighted by atomic mass is 35.5. The molecule has 26 heavy (non-hydrogen) atoms. The van der Waals surface area contributed by atoms with E-state index < -0.39 is 18.5 Å². The topological polar surface area (TPSA) is 68.3 Å². The van der Waals surface area contributed by atoms with Crippen LogP contribution in [0.4, 0.5) is 5.69 Å². The number of hydrogen-bond acceptors (Lipinski definition) is 5. The van der Waals surface area contributed by atoms with Crippen LogP contribution in [-0.4, -0.2) is 23.5 Å². The van der Waals surface area contributed by atoms with E-state index in [-0.39, 0.29) is 5.69 Å². The number of aromatic nitrogens is 1. The number of rotatable bonds is 5. The third kappa shape index (κ3) is 4.60. The molecular formula is C18H12Cl2N2O3S. The molecule has 0 unspecified atom stereocenters. The Morgan fingerprint density at radius 2 is 1.92 bits per heavy atom. The quantitative estimate of drug-likeness (QED) is 0.610. The van der Waals surface area contributed by atoms with Crippen molar-refractivity contribution >= 4 is 52.1 Å². The van der Waals surface area contributed by atoms with Gasteiger partial charge in [-0.3, -0.25) is 4.79 Å². The summed E-state index contributed by atoms with van der Waals surface area (Å²) in [6.45, 7) is -0.436. The zero-order valence-corrected chi connectivity index (χ0v) is 15.6. The van der Waals surface area contributed by atoms with Gasteiger partial charge in [-0.15, -0.1) is 11.3 Å². The number of thiazole rings is 1. The maximum absolute atomic E-state index is 12.1. The summed E-state index contributed by atoms with van der Waals surface area (Å²) in [6.07, 6.45) is 0. The van der Waals surface area contributed by atoms with Gasteiger partial charge in [-0.2, -0.15) is 0 Å². The zero-order valence-electron chi connectivity index (χ0n) is 13.2. The van der Waals surface area contributed by atoms with Crippen LogP contribution in [0, 0.1) is 0 Å². The van der Waals surface area contributed by atoms with Crippen LogP contribution in [0.5, 0.6) is 0 Å². The van der Waals surface area contributed by atoms with Gasteiger partial charge < -0.3 is 10.1 Å². The number of ether oxygens (including phenoxy) is 1. The molecule has 132 valence electrons. The Labute approximate surface area is 163 Å². The average Bonchev–Trinajstić information content (AvgIpc) is 3.12. The van der Waals surface area contributed by atoms with Gasteiger partial charge in [-0.1, -0.05) is 47.5 Å². The molecule has 1 aromatic heterocycles. The molecule has 2 aromatic carbocycles. The van der Waals surface area contributed by atoms with E-state index in [2.05, 4.69) is 10.3 Å². The summed E-state index contributed by atoms with van der Waals surface area (Å²) in [6, 6.07) is 13.9. The molecule has 3 aromatic rings. The number of halogens is 2. The molecule has 0 saturated heterocycles. The molecule has 0 bridgehead atoms. The number of nitrogens with one attached hydrogen (secondary N) is 1. The van der Waals surface area contributed by atoms with E-state index in [0.717, 1.165) is 5.56 Å². The van der Waals surface area contributed by atoms with Gasteiger partial charge in [-0.25, -0.2) is 9.78 Å². The fourth-order valence-corrected chi connectivity index (χ4v) is 3.24. The molecule has 0 fully saturated rings. The fraction of sp³-hybridized carbons (Fsp3) is 0.0556. The molecular weight excluding hydrogens is 395 g/mol. The number of hydrogen-bond donors (Lipinski definition) is 1. The van der Waals surface area contributed by atoms with E-state index in [1.165, 1.54) is 11.3 Å². The molecule has 1 heterocycles. The average molecular weight is 407 g/mol. The van der Waals surface area contributed by atoms with E-state index in [1.807, 2.05) is 6.07 Å². The van der Waals surface area contributed by atoms with E-state index in [1.54, 1.807) is 47.8 Å². The molecule has 0 spiro atoms. The lowest BCUT2D eigenvalue weighted by atomic mass is 10.2. The number of benzene rings is 2. The zero-order chi connectivity index (χ0) is 18.5. The van der Waals surface area contributed by atoms with Crippen LogP contribution >= 0.6 is 34.5 Å². The number of anilines is 1. The predicted molar refractivity (Wildman–Crippen MR) is 103 cm³/mol. The van der Waals surface area contributed by atoms with Crippen molar-refractivity contribution < 1.29 is 14.3 Å². The third-order valence-electron chi connectivity index (χ3n) is 3.27. The van der Waals surface area contributed by atoms with E-state index in [9.17, 15) is 9.59 Å². The summed E-state index contributed by atoms with van der Waals surface area (Å²) in [4.78, 5) is 28.2. The summed E-state index contributed by atoms with van der Waals surface area (Å²) in [5.74, 6) is -1.17. The lowest BCUT2D eigenvalue weighted by Crippen LogP contribution is -2.21. The first-order valence-corrected chi connectivity index (χ1v) is 9.09. The number of amides is 1. The molecule has 1 amide bonds. The van der Waals surface area contributed by atoms with Crippen LogP contribution in [0.1, 0.15) is 10.5 Å². The van der Waals surface area contributed by atoms with Gasteiger partial charge in [0, 0.05) is 16.0 Å². The van der Waals surface area contributed by atoms with Crippen molar-refractivity contribution in [3.63, 3.8) is 0 Å². The monoisotopic (exact) mass is 406 g/mol. The Kier molecular flexibility index (Phi) is 5.88. The van der Waals surface area contributed by atoms with Crippen molar-refractivity contribution in [1.29, 1.82) is 0 Å². The molecule has 8 heteroatoms. The van der Waals surface area contributed by atoms with E-state index in [0.29, 0.717) is 20.7 Å². The normalized spacial score (nSPS) is 10.4. The fourth-order valence-electron chi connectivity index (χ4n) is 2.08. The number of para-hydroxylation sites is 1. The maximum atomic E-state index is 12.1. The van der Waals surface area contributed by atoms with Gasteiger partial charge >= 0.3 is 5.97 Å². The second-order valence-electron chi connectivity index (χ2n) is 5.15. The summed E-state index contributed by atoms with van der Waals surface area (Å²) >= 11 is 13.2.